The van der Waals surface area contributed by atoms with Gasteiger partial charge < -0.3 is 4.74 Å². The fourth-order valence-corrected chi connectivity index (χ4v) is 4.26. The molecule has 0 radical (unpaired) electrons. The fourth-order valence-electron chi connectivity index (χ4n) is 3.56. The van der Waals surface area contributed by atoms with Crippen LogP contribution in [0.15, 0.2) is 64.6 Å². The molecule has 0 aliphatic carbocycles. The highest BCUT2D eigenvalue weighted by Gasteiger charge is 2.37. The maximum absolute atomic E-state index is 13.4. The highest BCUT2D eigenvalue weighted by molar-refractivity contribution is 9.10. The third kappa shape index (κ3) is 5.27. The van der Waals surface area contributed by atoms with E-state index in [-0.39, 0.29) is 12.2 Å². The Balaban J connectivity index is 1.69. The Morgan fingerprint density at radius 3 is 2.51 bits per heavy atom. The Hall–Kier alpha value is -3.13. The number of hydrogen-bond acceptors (Lipinski definition) is 4. The molecule has 6 nitrogen and oxygen atoms in total. The second-order valence-electron chi connectivity index (χ2n) is 7.90. The molecule has 9 heteroatoms. The van der Waals surface area contributed by atoms with Crippen molar-refractivity contribution < 1.29 is 19.1 Å². The van der Waals surface area contributed by atoms with Gasteiger partial charge in [0.1, 0.15) is 17.9 Å². The summed E-state index contributed by atoms with van der Waals surface area (Å²) in [4.78, 5) is 39.6. The summed E-state index contributed by atoms with van der Waals surface area (Å²) in [7, 11) is 0. The molecular weight excluding hydrogens is 555 g/mol. The molecule has 1 aliphatic heterocycles. The molecule has 4 amide bonds. The molecule has 1 heterocycles. The van der Waals surface area contributed by atoms with E-state index in [1.54, 1.807) is 48.5 Å². The number of rotatable bonds is 5. The first-order chi connectivity index (χ1) is 16.7. The lowest BCUT2D eigenvalue weighted by atomic mass is 10.0. The molecule has 0 saturated carbocycles. The van der Waals surface area contributed by atoms with Crippen molar-refractivity contribution in [3.63, 3.8) is 0 Å². The smallest absolute Gasteiger partial charge is 0.335 e. The second kappa shape index (κ2) is 10.2. The number of urea groups is 1. The van der Waals surface area contributed by atoms with Crippen LogP contribution in [-0.4, -0.2) is 17.8 Å². The number of imide groups is 2. The number of hydrogen-bond donors (Lipinski definition) is 1. The number of anilines is 1. The van der Waals surface area contributed by atoms with Crippen molar-refractivity contribution in [1.29, 1.82) is 0 Å². The SMILES string of the molecule is Cc1cccc(N2C(=O)NC(=O)/C(=C\c3cc(Br)ccc3OCc3ccc(Cl)c(Cl)c3)C2=O)c1C. The van der Waals surface area contributed by atoms with Crippen molar-refractivity contribution in [2.45, 2.75) is 20.5 Å². The van der Waals surface area contributed by atoms with Gasteiger partial charge in [0.2, 0.25) is 0 Å². The minimum absolute atomic E-state index is 0.182. The normalized spacial score (nSPS) is 14.9. The van der Waals surface area contributed by atoms with Crippen LogP contribution in [0.25, 0.3) is 6.08 Å². The van der Waals surface area contributed by atoms with E-state index in [0.717, 1.165) is 26.1 Å². The Morgan fingerprint density at radius 1 is 1.00 bits per heavy atom. The van der Waals surface area contributed by atoms with Gasteiger partial charge in [-0.05, 0) is 73.0 Å². The van der Waals surface area contributed by atoms with Crippen LogP contribution < -0.4 is 15.0 Å². The van der Waals surface area contributed by atoms with E-state index in [0.29, 0.717) is 27.0 Å². The lowest BCUT2D eigenvalue weighted by molar-refractivity contribution is -0.122. The van der Waals surface area contributed by atoms with Crippen LogP contribution in [0, 0.1) is 13.8 Å². The van der Waals surface area contributed by atoms with E-state index in [2.05, 4.69) is 21.2 Å². The van der Waals surface area contributed by atoms with Gasteiger partial charge >= 0.3 is 6.03 Å². The van der Waals surface area contributed by atoms with Gasteiger partial charge in [-0.2, -0.15) is 0 Å². The summed E-state index contributed by atoms with van der Waals surface area (Å²) < 4.78 is 6.68. The van der Waals surface area contributed by atoms with Crippen LogP contribution in [0.3, 0.4) is 0 Å². The minimum Gasteiger partial charge on any atom is -0.488 e. The minimum atomic E-state index is -0.795. The van der Waals surface area contributed by atoms with Crippen LogP contribution in [0.2, 0.25) is 10.0 Å². The maximum Gasteiger partial charge on any atom is 0.335 e. The fraction of sp³-hybridized carbons (Fsp3) is 0.115. The first kappa shape index (κ1) is 25.0. The van der Waals surface area contributed by atoms with Crippen LogP contribution in [-0.2, 0) is 16.2 Å². The molecule has 0 bridgehead atoms. The molecule has 178 valence electrons. The van der Waals surface area contributed by atoms with Crippen LogP contribution in [0.1, 0.15) is 22.3 Å². The first-order valence-electron chi connectivity index (χ1n) is 10.5. The van der Waals surface area contributed by atoms with Gasteiger partial charge in [0.15, 0.2) is 0 Å². The Kier molecular flexibility index (Phi) is 7.31. The molecule has 4 rings (SSSR count). The summed E-state index contributed by atoms with van der Waals surface area (Å²) >= 11 is 15.5. The molecule has 1 N–H and O–H groups in total. The van der Waals surface area contributed by atoms with Crippen LogP contribution in [0.4, 0.5) is 10.5 Å². The number of nitrogens with zero attached hydrogens (tertiary/aromatic N) is 1. The zero-order valence-corrected chi connectivity index (χ0v) is 21.8. The lowest BCUT2D eigenvalue weighted by Gasteiger charge is -2.28. The van der Waals surface area contributed by atoms with Gasteiger partial charge in [-0.25, -0.2) is 9.69 Å². The van der Waals surface area contributed by atoms with E-state index in [4.69, 9.17) is 27.9 Å². The monoisotopic (exact) mass is 572 g/mol. The molecule has 0 spiro atoms. The van der Waals surface area contributed by atoms with Crippen molar-refractivity contribution in [2.24, 2.45) is 0 Å². The summed E-state index contributed by atoms with van der Waals surface area (Å²) in [5.41, 5.74) is 3.17. The summed E-state index contributed by atoms with van der Waals surface area (Å²) in [5, 5.41) is 3.11. The van der Waals surface area contributed by atoms with Crippen molar-refractivity contribution in [1.82, 2.24) is 5.32 Å². The van der Waals surface area contributed by atoms with Gasteiger partial charge in [-0.1, -0.05) is 57.3 Å². The van der Waals surface area contributed by atoms with Gasteiger partial charge in [0.05, 0.1) is 15.7 Å². The molecule has 3 aromatic rings. The number of aryl methyl sites for hydroxylation is 1. The number of carbonyl (C=O) groups excluding carboxylic acids is 3. The number of carbonyl (C=O) groups is 3. The molecule has 1 aliphatic rings. The van der Waals surface area contributed by atoms with E-state index in [1.807, 2.05) is 19.9 Å². The standard InChI is InChI=1S/C26H19BrCl2N2O4/c1-14-4-3-5-22(15(14)2)31-25(33)19(24(32)30-26(31)34)12-17-11-18(27)7-9-23(17)35-13-16-6-8-20(28)21(29)10-16/h3-12H,13H2,1-2H3,(H,30,32,34)/b19-12+. The summed E-state index contributed by atoms with van der Waals surface area (Å²) in [6.45, 7) is 3.88. The predicted octanol–water partition coefficient (Wildman–Crippen LogP) is 6.62. The molecule has 1 saturated heterocycles. The summed E-state index contributed by atoms with van der Waals surface area (Å²) in [6.07, 6.45) is 1.41. The summed E-state index contributed by atoms with van der Waals surface area (Å²) in [6, 6.07) is 14.9. The quantitative estimate of drug-likeness (QED) is 0.275. The van der Waals surface area contributed by atoms with Gasteiger partial charge in [0.25, 0.3) is 11.8 Å². The van der Waals surface area contributed by atoms with Gasteiger partial charge in [-0.15, -0.1) is 0 Å². The van der Waals surface area contributed by atoms with E-state index < -0.39 is 17.8 Å². The Morgan fingerprint density at radius 2 is 1.77 bits per heavy atom. The molecule has 1 fully saturated rings. The number of halogens is 3. The zero-order chi connectivity index (χ0) is 25.3. The van der Waals surface area contributed by atoms with Gasteiger partial charge in [0, 0.05) is 10.0 Å². The molecule has 0 aromatic heterocycles. The van der Waals surface area contributed by atoms with Crippen LogP contribution in [0.5, 0.6) is 5.75 Å². The van der Waals surface area contributed by atoms with E-state index in [1.165, 1.54) is 6.08 Å². The van der Waals surface area contributed by atoms with Gasteiger partial charge in [-0.3, -0.25) is 14.9 Å². The van der Waals surface area contributed by atoms with Crippen molar-refractivity contribution in [3.05, 3.63) is 96.9 Å². The number of benzene rings is 3. The number of barbiturate groups is 1. The number of amides is 4. The van der Waals surface area contributed by atoms with Crippen molar-refractivity contribution >= 4 is 68.7 Å². The second-order valence-corrected chi connectivity index (χ2v) is 9.63. The van der Waals surface area contributed by atoms with E-state index >= 15 is 0 Å². The first-order valence-corrected chi connectivity index (χ1v) is 12.0. The molecular formula is C26H19BrCl2N2O4. The molecule has 35 heavy (non-hydrogen) atoms. The van der Waals surface area contributed by atoms with Crippen LogP contribution >= 0.6 is 39.1 Å². The molecule has 0 atom stereocenters. The average molecular weight is 574 g/mol. The maximum atomic E-state index is 13.4. The Bertz CT molecular complexity index is 1400. The zero-order valence-electron chi connectivity index (χ0n) is 18.7. The third-order valence-corrected chi connectivity index (χ3v) is 6.80. The topological polar surface area (TPSA) is 75.7 Å². The largest absolute Gasteiger partial charge is 0.488 e. The molecule has 3 aromatic carbocycles. The average Bonchev–Trinajstić information content (AvgIpc) is 2.81. The highest BCUT2D eigenvalue weighted by Crippen LogP contribution is 2.31. The van der Waals surface area contributed by atoms with E-state index in [9.17, 15) is 14.4 Å². The molecule has 0 unspecified atom stereocenters. The lowest BCUT2D eigenvalue weighted by Crippen LogP contribution is -2.54. The number of ether oxygens (including phenoxy) is 1. The van der Waals surface area contributed by atoms with Crippen molar-refractivity contribution in [2.75, 3.05) is 4.90 Å². The number of nitrogens with one attached hydrogen (secondary N) is 1. The Labute approximate surface area is 220 Å². The summed E-state index contributed by atoms with van der Waals surface area (Å²) in [5.74, 6) is -1.07. The van der Waals surface area contributed by atoms with Crippen molar-refractivity contribution in [3.8, 4) is 5.75 Å². The third-order valence-electron chi connectivity index (χ3n) is 5.57. The highest BCUT2D eigenvalue weighted by atomic mass is 79.9. The predicted molar refractivity (Wildman–Crippen MR) is 140 cm³/mol.